The summed E-state index contributed by atoms with van der Waals surface area (Å²) in [4.78, 5) is 26.6. The molecule has 0 saturated carbocycles. The van der Waals surface area contributed by atoms with Gasteiger partial charge in [-0.15, -0.1) is 0 Å². The number of benzene rings is 1. The van der Waals surface area contributed by atoms with Crippen LogP contribution in [0.25, 0.3) is 0 Å². The molecule has 1 atom stereocenters. The first-order chi connectivity index (χ1) is 13.5. The Morgan fingerprint density at radius 2 is 1.72 bits per heavy atom. The highest BCUT2D eigenvalue weighted by molar-refractivity contribution is 5.83. The molecule has 0 aromatic heterocycles. The molecule has 2 amide bonds. The summed E-state index contributed by atoms with van der Waals surface area (Å²) in [5.41, 5.74) is 11.8. The maximum Gasteiger partial charge on any atom is 0.416 e. The predicted molar refractivity (Wildman–Crippen MR) is 105 cm³/mol. The molecule has 6 nitrogen and oxygen atoms in total. The van der Waals surface area contributed by atoms with Crippen LogP contribution in [0.1, 0.15) is 50.3 Å². The number of anilines is 1. The van der Waals surface area contributed by atoms with Crippen molar-refractivity contribution in [3.05, 3.63) is 29.3 Å². The third-order valence-electron chi connectivity index (χ3n) is 5.04. The monoisotopic (exact) mass is 414 g/mol. The molecule has 9 heteroatoms. The molecule has 0 bridgehead atoms. The number of hydrogen-bond donors (Lipinski definition) is 2. The Bertz CT molecular complexity index is 729. The summed E-state index contributed by atoms with van der Waals surface area (Å²) >= 11 is 0. The van der Waals surface area contributed by atoms with Gasteiger partial charge in [0.05, 0.1) is 5.56 Å². The van der Waals surface area contributed by atoms with Crippen LogP contribution in [-0.4, -0.2) is 42.9 Å². The van der Waals surface area contributed by atoms with Gasteiger partial charge in [0.25, 0.3) is 0 Å². The largest absolute Gasteiger partial charge is 0.416 e. The molecular weight excluding hydrogens is 385 g/mol. The number of hydrogen-bond acceptors (Lipinski definition) is 4. The van der Waals surface area contributed by atoms with Gasteiger partial charge in [-0.25, -0.2) is 0 Å². The summed E-state index contributed by atoms with van der Waals surface area (Å²) in [5.74, 6) is -0.426. The molecule has 0 spiro atoms. The number of nitrogens with zero attached hydrogens (tertiary/aromatic N) is 2. The number of primary amides is 1. The summed E-state index contributed by atoms with van der Waals surface area (Å²) in [6.45, 7) is 5.77. The SMILES string of the molecule is CC(C)C[C@H](N)c1cc(C(F)(F)F)ccc1N1CCN(C(=O)CCC(N)=O)CC1. The Morgan fingerprint density at radius 3 is 2.24 bits per heavy atom. The van der Waals surface area contributed by atoms with Gasteiger partial charge in [-0.2, -0.15) is 13.2 Å². The maximum absolute atomic E-state index is 13.2. The number of halogens is 3. The van der Waals surface area contributed by atoms with Gasteiger partial charge in [0, 0.05) is 50.7 Å². The number of piperazine rings is 1. The lowest BCUT2D eigenvalue weighted by molar-refractivity contribution is -0.137. The Labute approximate surface area is 169 Å². The van der Waals surface area contributed by atoms with Gasteiger partial charge >= 0.3 is 6.18 Å². The molecule has 4 N–H and O–H groups in total. The molecule has 0 aliphatic carbocycles. The first-order valence-corrected chi connectivity index (χ1v) is 9.76. The van der Waals surface area contributed by atoms with E-state index in [0.717, 1.165) is 12.1 Å². The van der Waals surface area contributed by atoms with Crippen LogP contribution < -0.4 is 16.4 Å². The summed E-state index contributed by atoms with van der Waals surface area (Å²) in [6, 6.07) is 3.18. The molecule has 162 valence electrons. The van der Waals surface area contributed by atoms with Crippen LogP contribution in [0.3, 0.4) is 0 Å². The number of carbonyl (C=O) groups excluding carboxylic acids is 2. The van der Waals surface area contributed by atoms with E-state index in [1.807, 2.05) is 18.7 Å². The first-order valence-electron chi connectivity index (χ1n) is 9.76. The standard InChI is InChI=1S/C20H29F3N4O2/c1-13(2)11-16(24)15-12-14(20(21,22)23)3-4-17(15)26-7-9-27(10-8-26)19(29)6-5-18(25)28/h3-4,12-13,16H,5-11,24H2,1-2H3,(H2,25,28)/t16-/m0/s1. The van der Waals surface area contributed by atoms with Crippen LogP contribution in [0.15, 0.2) is 18.2 Å². The van der Waals surface area contributed by atoms with E-state index in [0.29, 0.717) is 43.9 Å². The lowest BCUT2D eigenvalue weighted by Crippen LogP contribution is -2.49. The van der Waals surface area contributed by atoms with Crippen molar-refractivity contribution in [2.45, 2.75) is 45.3 Å². The molecule has 0 radical (unpaired) electrons. The van der Waals surface area contributed by atoms with Gasteiger partial charge in [-0.1, -0.05) is 13.8 Å². The van der Waals surface area contributed by atoms with Crippen LogP contribution in [0, 0.1) is 5.92 Å². The summed E-state index contributed by atoms with van der Waals surface area (Å²) in [7, 11) is 0. The van der Waals surface area contributed by atoms with Gasteiger partial charge in [0.2, 0.25) is 11.8 Å². The van der Waals surface area contributed by atoms with Crippen molar-refractivity contribution in [3.8, 4) is 0 Å². The first kappa shape index (κ1) is 23.0. The summed E-state index contributed by atoms with van der Waals surface area (Å²) in [6.07, 6.45) is -3.79. The molecule has 29 heavy (non-hydrogen) atoms. The quantitative estimate of drug-likeness (QED) is 0.718. The predicted octanol–water partition coefficient (Wildman–Crippen LogP) is 2.67. The van der Waals surface area contributed by atoms with Gasteiger partial charge in [0.1, 0.15) is 0 Å². The van der Waals surface area contributed by atoms with Crippen LogP contribution in [0.4, 0.5) is 18.9 Å². The normalized spacial score (nSPS) is 16.2. The number of carbonyl (C=O) groups is 2. The topological polar surface area (TPSA) is 92.7 Å². The molecule has 1 fully saturated rings. The Balaban J connectivity index is 2.17. The van der Waals surface area contributed by atoms with Crippen molar-refractivity contribution in [2.75, 3.05) is 31.1 Å². The van der Waals surface area contributed by atoms with Gasteiger partial charge < -0.3 is 21.3 Å². The lowest BCUT2D eigenvalue weighted by Gasteiger charge is -2.38. The fourth-order valence-electron chi connectivity index (χ4n) is 3.54. The number of nitrogens with two attached hydrogens (primary N) is 2. The average Bonchev–Trinajstić information content (AvgIpc) is 2.64. The van der Waals surface area contributed by atoms with E-state index < -0.39 is 23.7 Å². The van der Waals surface area contributed by atoms with Crippen molar-refractivity contribution in [2.24, 2.45) is 17.4 Å². The second-order valence-electron chi connectivity index (χ2n) is 7.84. The van der Waals surface area contributed by atoms with Gasteiger partial charge in [0.15, 0.2) is 0 Å². The van der Waals surface area contributed by atoms with E-state index >= 15 is 0 Å². The molecule has 1 heterocycles. The lowest BCUT2D eigenvalue weighted by atomic mass is 9.94. The van der Waals surface area contributed by atoms with Crippen molar-refractivity contribution in [1.82, 2.24) is 4.90 Å². The van der Waals surface area contributed by atoms with E-state index in [1.165, 1.54) is 6.07 Å². The number of rotatable bonds is 7. The Kier molecular flexibility index (Phi) is 7.51. The second kappa shape index (κ2) is 9.47. The van der Waals surface area contributed by atoms with Crippen LogP contribution in [-0.2, 0) is 15.8 Å². The Hall–Kier alpha value is -2.29. The van der Waals surface area contributed by atoms with E-state index in [9.17, 15) is 22.8 Å². The number of amides is 2. The fraction of sp³-hybridized carbons (Fsp3) is 0.600. The smallest absolute Gasteiger partial charge is 0.370 e. The zero-order valence-electron chi connectivity index (χ0n) is 16.8. The van der Waals surface area contributed by atoms with Crippen molar-refractivity contribution < 1.29 is 22.8 Å². The van der Waals surface area contributed by atoms with Crippen molar-refractivity contribution in [1.29, 1.82) is 0 Å². The van der Waals surface area contributed by atoms with Crippen molar-refractivity contribution >= 4 is 17.5 Å². The minimum atomic E-state index is -4.43. The van der Waals surface area contributed by atoms with E-state index in [-0.39, 0.29) is 24.7 Å². The average molecular weight is 414 g/mol. The third kappa shape index (κ3) is 6.35. The third-order valence-corrected chi connectivity index (χ3v) is 5.04. The van der Waals surface area contributed by atoms with Gasteiger partial charge in [-0.3, -0.25) is 9.59 Å². The fourth-order valence-corrected chi connectivity index (χ4v) is 3.54. The minimum absolute atomic E-state index is 0.00611. The highest BCUT2D eigenvalue weighted by atomic mass is 19.4. The molecule has 1 aliphatic heterocycles. The molecular formula is C20H29F3N4O2. The highest BCUT2D eigenvalue weighted by Crippen LogP contribution is 2.36. The van der Waals surface area contributed by atoms with Crippen molar-refractivity contribution in [3.63, 3.8) is 0 Å². The molecule has 1 aliphatic rings. The number of alkyl halides is 3. The van der Waals surface area contributed by atoms with Crippen LogP contribution in [0.5, 0.6) is 0 Å². The van der Waals surface area contributed by atoms with E-state index in [4.69, 9.17) is 11.5 Å². The maximum atomic E-state index is 13.2. The molecule has 0 unspecified atom stereocenters. The second-order valence-corrected chi connectivity index (χ2v) is 7.84. The molecule has 2 rings (SSSR count). The van der Waals surface area contributed by atoms with E-state index in [1.54, 1.807) is 4.90 Å². The zero-order chi connectivity index (χ0) is 21.8. The molecule has 1 aromatic rings. The van der Waals surface area contributed by atoms with Gasteiger partial charge in [-0.05, 0) is 36.1 Å². The van der Waals surface area contributed by atoms with E-state index in [2.05, 4.69) is 0 Å². The Morgan fingerprint density at radius 1 is 1.10 bits per heavy atom. The minimum Gasteiger partial charge on any atom is -0.370 e. The molecule has 1 saturated heterocycles. The van der Waals surface area contributed by atoms with Crippen LogP contribution >= 0.6 is 0 Å². The molecule has 1 aromatic carbocycles. The zero-order valence-corrected chi connectivity index (χ0v) is 16.8. The highest BCUT2D eigenvalue weighted by Gasteiger charge is 2.33. The van der Waals surface area contributed by atoms with Crippen LogP contribution in [0.2, 0.25) is 0 Å². The summed E-state index contributed by atoms with van der Waals surface area (Å²) < 4.78 is 39.6. The summed E-state index contributed by atoms with van der Waals surface area (Å²) in [5, 5.41) is 0.